The zero-order valence-corrected chi connectivity index (χ0v) is 9.43. The summed E-state index contributed by atoms with van der Waals surface area (Å²) >= 11 is 0. The van der Waals surface area contributed by atoms with E-state index in [0.717, 1.165) is 0 Å². The van der Waals surface area contributed by atoms with Crippen LogP contribution in [0.4, 0.5) is 0 Å². The Hall–Kier alpha value is -1.41. The lowest BCUT2D eigenvalue weighted by Crippen LogP contribution is -2.45. The molecule has 3 rings (SSSR count). The number of ether oxygens (including phenoxy) is 1. The van der Waals surface area contributed by atoms with Crippen LogP contribution >= 0.6 is 0 Å². The summed E-state index contributed by atoms with van der Waals surface area (Å²) in [5.74, 6) is -0.541. The van der Waals surface area contributed by atoms with Gasteiger partial charge in [-0.2, -0.15) is 0 Å². The maximum Gasteiger partial charge on any atom is 0.246 e. The van der Waals surface area contributed by atoms with Crippen molar-refractivity contribution in [1.82, 2.24) is 4.90 Å². The number of nitrogens with two attached hydrogens (primary N) is 1. The molecule has 7 nitrogen and oxygen atoms in total. The van der Waals surface area contributed by atoms with E-state index in [9.17, 15) is 20.1 Å². The van der Waals surface area contributed by atoms with Crippen LogP contribution in [0, 0.1) is 0 Å². The summed E-state index contributed by atoms with van der Waals surface area (Å²) in [5, 5.41) is 29.2. The molecule has 0 spiro atoms. The molecule has 0 aromatic carbocycles. The molecular weight excluding hydrogens is 240 g/mol. The Bertz CT molecular complexity index is 462. The smallest absolute Gasteiger partial charge is 0.246 e. The first kappa shape index (κ1) is 11.7. The lowest BCUT2D eigenvalue weighted by atomic mass is 10.1. The third-order valence-corrected chi connectivity index (χ3v) is 3.67. The molecule has 0 aromatic heterocycles. The van der Waals surface area contributed by atoms with Gasteiger partial charge in [0.15, 0.2) is 11.8 Å². The van der Waals surface area contributed by atoms with Crippen LogP contribution in [0.25, 0.3) is 0 Å². The second-order valence-corrected chi connectivity index (χ2v) is 4.78. The van der Waals surface area contributed by atoms with Crippen LogP contribution in [-0.2, 0) is 9.53 Å². The van der Waals surface area contributed by atoms with Crippen molar-refractivity contribution in [2.45, 2.75) is 36.6 Å². The predicted molar refractivity (Wildman–Crippen MR) is 58.5 cm³/mol. The van der Waals surface area contributed by atoms with Gasteiger partial charge in [-0.3, -0.25) is 4.79 Å². The summed E-state index contributed by atoms with van der Waals surface area (Å²) in [7, 11) is 0. The quantitative estimate of drug-likeness (QED) is 0.443. The molecule has 2 aliphatic heterocycles. The Kier molecular flexibility index (Phi) is 2.30. The zero-order valence-electron chi connectivity index (χ0n) is 9.43. The van der Waals surface area contributed by atoms with Crippen LogP contribution in [0.2, 0.25) is 0 Å². The summed E-state index contributed by atoms with van der Waals surface area (Å²) < 4.78 is 5.36. The predicted octanol–water partition coefficient (Wildman–Crippen LogP) is -2.23. The molecule has 0 radical (unpaired) electrons. The van der Waals surface area contributed by atoms with Crippen molar-refractivity contribution in [3.05, 3.63) is 24.0 Å². The Morgan fingerprint density at radius 3 is 2.78 bits per heavy atom. The van der Waals surface area contributed by atoms with E-state index in [4.69, 9.17) is 10.5 Å². The minimum absolute atomic E-state index is 0.390. The van der Waals surface area contributed by atoms with Gasteiger partial charge in [-0.15, -0.1) is 0 Å². The highest BCUT2D eigenvalue weighted by atomic mass is 16.6. The van der Waals surface area contributed by atoms with Crippen LogP contribution < -0.4 is 5.73 Å². The number of hydrogen-bond acceptors (Lipinski definition) is 6. The number of aliphatic hydroxyl groups is 3. The normalized spacial score (nSPS) is 45.7. The summed E-state index contributed by atoms with van der Waals surface area (Å²) in [6.07, 6.45) is 1.35. The molecule has 1 saturated carbocycles. The molecule has 2 heterocycles. The summed E-state index contributed by atoms with van der Waals surface area (Å²) in [4.78, 5) is 12.6. The second-order valence-electron chi connectivity index (χ2n) is 4.78. The van der Waals surface area contributed by atoms with Crippen LogP contribution in [0.1, 0.15) is 6.42 Å². The molecule has 1 amide bonds. The highest BCUT2D eigenvalue weighted by Crippen LogP contribution is 2.51. The van der Waals surface area contributed by atoms with E-state index >= 15 is 0 Å². The number of amides is 1. The molecule has 1 unspecified atom stereocenters. The van der Waals surface area contributed by atoms with Gasteiger partial charge in [-0.05, 0) is 6.42 Å². The van der Waals surface area contributed by atoms with Crippen molar-refractivity contribution in [2.75, 3.05) is 0 Å². The Morgan fingerprint density at radius 1 is 1.50 bits per heavy atom. The highest BCUT2D eigenvalue weighted by Gasteiger charge is 2.76. The summed E-state index contributed by atoms with van der Waals surface area (Å²) in [6.45, 7) is 0. The number of allylic oxidation sites excluding steroid dienone is 1. The number of carbonyl (C=O) groups is 1. The van der Waals surface area contributed by atoms with Crippen molar-refractivity contribution in [2.24, 2.45) is 5.73 Å². The molecule has 3 aliphatic rings. The summed E-state index contributed by atoms with van der Waals surface area (Å²) in [5.41, 5.74) is 3.98. The number of aliphatic hydroxyl groups excluding tert-OH is 2. The minimum atomic E-state index is -1.60. The minimum Gasteiger partial charge on any atom is -0.387 e. The molecule has 5 atom stereocenters. The van der Waals surface area contributed by atoms with Gasteiger partial charge in [0, 0.05) is 18.0 Å². The fourth-order valence-corrected chi connectivity index (χ4v) is 2.46. The summed E-state index contributed by atoms with van der Waals surface area (Å²) in [6, 6.07) is 0. The van der Waals surface area contributed by atoms with Gasteiger partial charge in [0.1, 0.15) is 18.3 Å². The molecule has 2 fully saturated rings. The van der Waals surface area contributed by atoms with Gasteiger partial charge in [-0.1, -0.05) is 6.08 Å². The first-order chi connectivity index (χ1) is 8.46. The second kappa shape index (κ2) is 3.55. The van der Waals surface area contributed by atoms with E-state index in [1.165, 1.54) is 11.1 Å². The molecule has 7 heteroatoms. The Balaban J connectivity index is 1.79. The molecule has 18 heavy (non-hydrogen) atoms. The van der Waals surface area contributed by atoms with Crippen molar-refractivity contribution < 1.29 is 24.9 Å². The maximum atomic E-state index is 11.1. The average Bonchev–Trinajstić information content (AvgIpc) is 2.74. The van der Waals surface area contributed by atoms with E-state index in [-0.39, 0.29) is 0 Å². The molecule has 0 aromatic rings. The van der Waals surface area contributed by atoms with E-state index in [2.05, 4.69) is 0 Å². The lowest BCUT2D eigenvalue weighted by molar-refractivity contribution is -0.115. The maximum absolute atomic E-state index is 11.1. The number of primary amides is 1. The fourth-order valence-electron chi connectivity index (χ4n) is 2.46. The first-order valence-corrected chi connectivity index (χ1v) is 5.65. The Morgan fingerprint density at radius 2 is 2.22 bits per heavy atom. The Labute approximate surface area is 103 Å². The zero-order chi connectivity index (χ0) is 13.1. The van der Waals surface area contributed by atoms with Crippen molar-refractivity contribution in [1.29, 1.82) is 0 Å². The molecule has 5 N–H and O–H groups in total. The largest absolute Gasteiger partial charge is 0.387 e. The number of rotatable bonds is 2. The fraction of sp³-hybridized carbons (Fsp3) is 0.545. The van der Waals surface area contributed by atoms with Gasteiger partial charge in [0.25, 0.3) is 0 Å². The highest BCUT2D eigenvalue weighted by molar-refractivity contribution is 5.92. The third kappa shape index (κ3) is 1.36. The van der Waals surface area contributed by atoms with Crippen molar-refractivity contribution in [3.63, 3.8) is 0 Å². The van der Waals surface area contributed by atoms with Crippen molar-refractivity contribution >= 4 is 5.91 Å². The van der Waals surface area contributed by atoms with Crippen LogP contribution in [0.5, 0.6) is 0 Å². The molecule has 1 saturated heterocycles. The van der Waals surface area contributed by atoms with E-state index in [1.807, 2.05) is 0 Å². The van der Waals surface area contributed by atoms with Crippen molar-refractivity contribution in [3.8, 4) is 0 Å². The SMILES string of the molecule is NC(=O)C1=CN([C@@H]2O[C@@H]3C(O)[C@]3(O)[C@H]2O)C=CC1. The van der Waals surface area contributed by atoms with Crippen LogP contribution in [0.15, 0.2) is 24.0 Å². The number of nitrogens with zero attached hydrogens (tertiary/aromatic N) is 1. The number of fused-ring (bicyclic) bond motifs is 1. The standard InChI is InChI=1S/C11H14N2O5/c12-9(16)5-2-1-3-13(4-5)10-7(15)11(17)6(14)8(11)18-10/h1,3-4,6-8,10,14-15,17H,2H2,(H2,12,16)/t6?,7-,8+,10+,11-/m0/s1. The molecule has 98 valence electrons. The van der Waals surface area contributed by atoms with Crippen LogP contribution in [0.3, 0.4) is 0 Å². The molecule has 1 aliphatic carbocycles. The van der Waals surface area contributed by atoms with E-state index < -0.39 is 36.0 Å². The van der Waals surface area contributed by atoms with Gasteiger partial charge >= 0.3 is 0 Å². The van der Waals surface area contributed by atoms with Gasteiger partial charge in [0.05, 0.1) is 0 Å². The molecular formula is C11H14N2O5. The lowest BCUT2D eigenvalue weighted by Gasteiger charge is -2.31. The number of hydrogen-bond donors (Lipinski definition) is 4. The van der Waals surface area contributed by atoms with Crippen LogP contribution in [-0.4, -0.2) is 56.3 Å². The average molecular weight is 254 g/mol. The molecule has 0 bridgehead atoms. The third-order valence-electron chi connectivity index (χ3n) is 3.67. The van der Waals surface area contributed by atoms with Gasteiger partial charge < -0.3 is 30.7 Å². The van der Waals surface area contributed by atoms with E-state index in [0.29, 0.717) is 12.0 Å². The number of carbonyl (C=O) groups excluding carboxylic acids is 1. The van der Waals surface area contributed by atoms with E-state index in [1.54, 1.807) is 12.3 Å². The monoisotopic (exact) mass is 254 g/mol. The first-order valence-electron chi connectivity index (χ1n) is 5.65. The van der Waals surface area contributed by atoms with Gasteiger partial charge in [0.2, 0.25) is 5.91 Å². The van der Waals surface area contributed by atoms with Gasteiger partial charge in [-0.25, -0.2) is 0 Å². The topological polar surface area (TPSA) is 116 Å².